The van der Waals surface area contributed by atoms with Crippen LogP contribution in [0.3, 0.4) is 0 Å². The van der Waals surface area contributed by atoms with Gasteiger partial charge in [0.1, 0.15) is 5.75 Å². The molecule has 0 saturated carbocycles. The summed E-state index contributed by atoms with van der Waals surface area (Å²) in [6.45, 7) is -0.278. The Hall–Kier alpha value is -1.72. The van der Waals surface area contributed by atoms with Crippen molar-refractivity contribution in [2.24, 2.45) is 0 Å². The molecule has 0 amide bonds. The minimum absolute atomic E-state index is 0.393. The quantitative estimate of drug-likeness (QED) is 0.768. The number of benzene rings is 1. The second-order valence-electron chi connectivity index (χ2n) is 3.30. The SMILES string of the molecule is C[C@H](Oc1ccccc1)C(=O)OCC(F)(F)F. The molecular weight excluding hydrogens is 237 g/mol. The van der Waals surface area contributed by atoms with Gasteiger partial charge in [-0.05, 0) is 19.1 Å². The molecule has 1 atom stereocenters. The highest BCUT2D eigenvalue weighted by Crippen LogP contribution is 2.16. The van der Waals surface area contributed by atoms with Crippen LogP contribution < -0.4 is 4.74 Å². The van der Waals surface area contributed by atoms with Crippen LogP contribution in [-0.2, 0) is 9.53 Å². The first-order valence-corrected chi connectivity index (χ1v) is 4.83. The van der Waals surface area contributed by atoms with Gasteiger partial charge in [0.25, 0.3) is 0 Å². The summed E-state index contributed by atoms with van der Waals surface area (Å²) in [6, 6.07) is 8.30. The van der Waals surface area contributed by atoms with Crippen LogP contribution in [0.1, 0.15) is 6.92 Å². The van der Waals surface area contributed by atoms with Crippen molar-refractivity contribution in [1.29, 1.82) is 0 Å². The zero-order valence-corrected chi connectivity index (χ0v) is 9.03. The number of hydrogen-bond acceptors (Lipinski definition) is 3. The number of hydrogen-bond donors (Lipinski definition) is 0. The summed E-state index contributed by atoms with van der Waals surface area (Å²) in [5.74, 6) is -0.657. The Morgan fingerprint density at radius 1 is 1.29 bits per heavy atom. The van der Waals surface area contributed by atoms with Gasteiger partial charge in [-0.15, -0.1) is 0 Å². The van der Waals surface area contributed by atoms with Gasteiger partial charge in [-0.3, -0.25) is 0 Å². The number of carbonyl (C=O) groups is 1. The van der Waals surface area contributed by atoms with Gasteiger partial charge in [0.15, 0.2) is 12.7 Å². The molecule has 0 bridgehead atoms. The molecule has 0 spiro atoms. The third-order valence-corrected chi connectivity index (χ3v) is 1.77. The molecule has 0 aliphatic heterocycles. The maximum atomic E-state index is 11.8. The molecule has 0 aliphatic carbocycles. The Morgan fingerprint density at radius 2 is 1.88 bits per heavy atom. The molecule has 6 heteroatoms. The minimum Gasteiger partial charge on any atom is -0.479 e. The minimum atomic E-state index is -4.53. The van der Waals surface area contributed by atoms with E-state index in [-0.39, 0.29) is 0 Å². The summed E-state index contributed by atoms with van der Waals surface area (Å²) in [5, 5.41) is 0. The highest BCUT2D eigenvalue weighted by molar-refractivity contribution is 5.74. The van der Waals surface area contributed by atoms with Crippen molar-refractivity contribution >= 4 is 5.97 Å². The Kier molecular flexibility index (Phi) is 4.37. The smallest absolute Gasteiger partial charge is 0.422 e. The molecule has 3 nitrogen and oxygen atoms in total. The predicted molar refractivity (Wildman–Crippen MR) is 53.5 cm³/mol. The highest BCUT2D eigenvalue weighted by atomic mass is 19.4. The molecule has 94 valence electrons. The van der Waals surface area contributed by atoms with Gasteiger partial charge in [0, 0.05) is 0 Å². The Labute approximate surface area is 96.1 Å². The average Bonchev–Trinajstić information content (AvgIpc) is 2.26. The fourth-order valence-electron chi connectivity index (χ4n) is 1.02. The van der Waals surface area contributed by atoms with Crippen molar-refractivity contribution in [1.82, 2.24) is 0 Å². The van der Waals surface area contributed by atoms with Gasteiger partial charge >= 0.3 is 12.1 Å². The molecule has 1 aromatic rings. The third-order valence-electron chi connectivity index (χ3n) is 1.77. The number of ether oxygens (including phenoxy) is 2. The molecule has 0 fully saturated rings. The maximum absolute atomic E-state index is 11.8. The van der Waals surface area contributed by atoms with Gasteiger partial charge < -0.3 is 9.47 Å². The fourth-order valence-corrected chi connectivity index (χ4v) is 1.02. The zero-order chi connectivity index (χ0) is 12.9. The second kappa shape index (κ2) is 5.56. The van der Waals surface area contributed by atoms with Crippen LogP contribution in [0, 0.1) is 0 Å². The molecule has 0 radical (unpaired) electrons. The molecular formula is C11H11F3O3. The van der Waals surface area contributed by atoms with Crippen LogP contribution in [0.25, 0.3) is 0 Å². The standard InChI is InChI=1S/C11H11F3O3/c1-8(10(15)16-7-11(12,13)14)17-9-5-3-2-4-6-9/h2-6,8H,7H2,1H3/t8-/m0/s1. The average molecular weight is 248 g/mol. The van der Waals surface area contributed by atoms with E-state index in [0.29, 0.717) is 5.75 Å². The van der Waals surface area contributed by atoms with Crippen LogP contribution in [0.15, 0.2) is 30.3 Å². The fraction of sp³-hybridized carbons (Fsp3) is 0.364. The summed E-state index contributed by atoms with van der Waals surface area (Å²) in [4.78, 5) is 11.1. The number of carbonyl (C=O) groups excluding carboxylic acids is 1. The largest absolute Gasteiger partial charge is 0.479 e. The van der Waals surface area contributed by atoms with Crippen molar-refractivity contribution in [3.8, 4) is 5.75 Å². The van der Waals surface area contributed by atoms with E-state index in [1.807, 2.05) is 0 Å². The number of rotatable bonds is 4. The second-order valence-corrected chi connectivity index (χ2v) is 3.30. The van der Waals surface area contributed by atoms with Gasteiger partial charge in [-0.1, -0.05) is 18.2 Å². The van der Waals surface area contributed by atoms with Gasteiger partial charge in [-0.2, -0.15) is 13.2 Å². The summed E-state index contributed by atoms with van der Waals surface area (Å²) >= 11 is 0. The van der Waals surface area contributed by atoms with E-state index in [1.54, 1.807) is 30.3 Å². The van der Waals surface area contributed by atoms with Crippen LogP contribution >= 0.6 is 0 Å². The molecule has 0 aromatic heterocycles. The van der Waals surface area contributed by atoms with E-state index in [9.17, 15) is 18.0 Å². The maximum Gasteiger partial charge on any atom is 0.422 e. The van der Waals surface area contributed by atoms with E-state index in [1.165, 1.54) is 6.92 Å². The van der Waals surface area contributed by atoms with E-state index in [2.05, 4.69) is 4.74 Å². The van der Waals surface area contributed by atoms with Crippen molar-refractivity contribution in [2.45, 2.75) is 19.2 Å². The summed E-state index contributed by atoms with van der Waals surface area (Å²) in [6.07, 6.45) is -5.61. The first kappa shape index (κ1) is 13.3. The lowest BCUT2D eigenvalue weighted by molar-refractivity contribution is -0.190. The van der Waals surface area contributed by atoms with E-state index in [0.717, 1.165) is 0 Å². The topological polar surface area (TPSA) is 35.5 Å². The predicted octanol–water partition coefficient (Wildman–Crippen LogP) is 2.56. The zero-order valence-electron chi connectivity index (χ0n) is 9.03. The van der Waals surface area contributed by atoms with Crippen molar-refractivity contribution in [2.75, 3.05) is 6.61 Å². The summed E-state index contributed by atoms with van der Waals surface area (Å²) in [7, 11) is 0. The van der Waals surface area contributed by atoms with Gasteiger partial charge in [-0.25, -0.2) is 4.79 Å². The van der Waals surface area contributed by atoms with Crippen LogP contribution in [0.4, 0.5) is 13.2 Å². The lowest BCUT2D eigenvalue weighted by Gasteiger charge is -2.14. The number of halogens is 3. The lowest BCUT2D eigenvalue weighted by atomic mass is 10.3. The van der Waals surface area contributed by atoms with Crippen LogP contribution in [-0.4, -0.2) is 24.9 Å². The normalized spacial score (nSPS) is 12.9. The molecule has 0 aliphatic rings. The summed E-state index contributed by atoms with van der Waals surface area (Å²) in [5.41, 5.74) is 0. The van der Waals surface area contributed by atoms with Crippen molar-refractivity contribution in [3.05, 3.63) is 30.3 Å². The van der Waals surface area contributed by atoms with Crippen molar-refractivity contribution in [3.63, 3.8) is 0 Å². The lowest BCUT2D eigenvalue weighted by Crippen LogP contribution is -2.30. The van der Waals surface area contributed by atoms with Gasteiger partial charge in [0.05, 0.1) is 0 Å². The van der Waals surface area contributed by atoms with E-state index in [4.69, 9.17) is 4.74 Å². The molecule has 0 N–H and O–H groups in total. The number of alkyl halides is 3. The molecule has 1 rings (SSSR count). The highest BCUT2D eigenvalue weighted by Gasteiger charge is 2.31. The van der Waals surface area contributed by atoms with E-state index >= 15 is 0 Å². The number of para-hydroxylation sites is 1. The van der Waals surface area contributed by atoms with E-state index < -0.39 is 24.9 Å². The first-order valence-electron chi connectivity index (χ1n) is 4.83. The molecule has 0 unspecified atom stereocenters. The third kappa shape index (κ3) is 5.24. The van der Waals surface area contributed by atoms with Gasteiger partial charge in [0.2, 0.25) is 0 Å². The number of esters is 1. The Morgan fingerprint density at radius 3 is 2.41 bits per heavy atom. The van der Waals surface area contributed by atoms with Crippen molar-refractivity contribution < 1.29 is 27.4 Å². The molecule has 1 aromatic carbocycles. The van der Waals surface area contributed by atoms with Crippen LogP contribution in [0.2, 0.25) is 0 Å². The monoisotopic (exact) mass is 248 g/mol. The molecule has 17 heavy (non-hydrogen) atoms. The first-order chi connectivity index (χ1) is 7.88. The summed E-state index contributed by atoms with van der Waals surface area (Å²) < 4.78 is 44.5. The molecule has 0 saturated heterocycles. The Balaban J connectivity index is 2.43. The Bertz CT molecular complexity index is 362. The molecule has 0 heterocycles. The van der Waals surface area contributed by atoms with Crippen LogP contribution in [0.5, 0.6) is 5.75 Å².